The molecule has 0 unspecified atom stereocenters. The van der Waals surface area contributed by atoms with Gasteiger partial charge in [-0.25, -0.2) is 14.4 Å². The van der Waals surface area contributed by atoms with Gasteiger partial charge in [-0.15, -0.1) is 11.3 Å². The lowest BCUT2D eigenvalue weighted by atomic mass is 9.97. The highest BCUT2D eigenvalue weighted by Gasteiger charge is 2.21. The van der Waals surface area contributed by atoms with Crippen molar-refractivity contribution in [2.75, 3.05) is 12.4 Å². The zero-order chi connectivity index (χ0) is 19.8. The number of rotatable bonds is 4. The van der Waals surface area contributed by atoms with Gasteiger partial charge in [0.1, 0.15) is 22.2 Å². The second-order valence-corrected chi connectivity index (χ2v) is 8.23. The smallest absolute Gasteiger partial charge is 0.163 e. The Bertz CT molecular complexity index is 1170. The molecular weight excluding hydrogens is 385 g/mol. The Balaban J connectivity index is 1.66. The van der Waals surface area contributed by atoms with Crippen molar-refractivity contribution in [2.24, 2.45) is 0 Å². The van der Waals surface area contributed by atoms with Gasteiger partial charge in [0.15, 0.2) is 5.82 Å². The Labute approximate surface area is 172 Å². The number of thiophene rings is 1. The predicted octanol–water partition coefficient (Wildman–Crippen LogP) is 6.13. The SMILES string of the molecule is COc1ccc(-c2nc(Nc3ccc(F)cc3)c3c4c(sc3n2)CCCC4)cc1. The number of aryl methyl sites for hydroxylation is 2. The molecule has 1 N–H and O–H groups in total. The topological polar surface area (TPSA) is 47.0 Å². The van der Waals surface area contributed by atoms with Gasteiger partial charge in [0.05, 0.1) is 12.5 Å². The molecule has 2 aromatic carbocycles. The van der Waals surface area contributed by atoms with E-state index in [0.717, 1.165) is 45.9 Å². The molecule has 29 heavy (non-hydrogen) atoms. The molecule has 2 aromatic heterocycles. The zero-order valence-corrected chi connectivity index (χ0v) is 16.9. The minimum absolute atomic E-state index is 0.254. The van der Waals surface area contributed by atoms with Gasteiger partial charge < -0.3 is 10.1 Å². The Kier molecular flexibility index (Phi) is 4.64. The first-order valence-corrected chi connectivity index (χ1v) is 10.5. The molecular formula is C23H20FN3OS. The molecule has 4 aromatic rings. The lowest BCUT2D eigenvalue weighted by Gasteiger charge is -2.13. The van der Waals surface area contributed by atoms with Crippen LogP contribution in [0.2, 0.25) is 0 Å². The summed E-state index contributed by atoms with van der Waals surface area (Å²) in [6.07, 6.45) is 4.57. The van der Waals surface area contributed by atoms with Crippen LogP contribution in [-0.2, 0) is 12.8 Å². The van der Waals surface area contributed by atoms with E-state index in [1.54, 1.807) is 30.6 Å². The van der Waals surface area contributed by atoms with Gasteiger partial charge in [0, 0.05) is 16.1 Å². The maximum absolute atomic E-state index is 13.3. The van der Waals surface area contributed by atoms with Gasteiger partial charge in [-0.1, -0.05) is 0 Å². The first kappa shape index (κ1) is 18.1. The molecule has 1 aliphatic rings. The molecule has 0 aliphatic heterocycles. The lowest BCUT2D eigenvalue weighted by molar-refractivity contribution is 0.415. The number of halogens is 1. The summed E-state index contributed by atoms with van der Waals surface area (Å²) < 4.78 is 18.6. The van der Waals surface area contributed by atoms with Crippen LogP contribution in [0.1, 0.15) is 23.3 Å². The predicted molar refractivity (Wildman–Crippen MR) is 116 cm³/mol. The number of anilines is 2. The van der Waals surface area contributed by atoms with Crippen molar-refractivity contribution in [3.8, 4) is 17.1 Å². The van der Waals surface area contributed by atoms with Crippen LogP contribution >= 0.6 is 11.3 Å². The molecule has 0 radical (unpaired) electrons. The Morgan fingerprint density at radius 1 is 0.966 bits per heavy atom. The minimum Gasteiger partial charge on any atom is -0.497 e. The number of ether oxygens (including phenoxy) is 1. The summed E-state index contributed by atoms with van der Waals surface area (Å²) in [5.41, 5.74) is 3.10. The highest BCUT2D eigenvalue weighted by atomic mass is 32.1. The number of hydrogen-bond acceptors (Lipinski definition) is 5. The maximum atomic E-state index is 13.3. The number of methoxy groups -OCH3 is 1. The fraction of sp³-hybridized carbons (Fsp3) is 0.217. The van der Waals surface area contributed by atoms with E-state index < -0.39 is 0 Å². The summed E-state index contributed by atoms with van der Waals surface area (Å²) in [5, 5.41) is 4.51. The molecule has 4 nitrogen and oxygen atoms in total. The van der Waals surface area contributed by atoms with Crippen LogP contribution in [0.4, 0.5) is 15.9 Å². The Morgan fingerprint density at radius 3 is 2.48 bits per heavy atom. The standard InChI is InChI=1S/C23H20FN3OS/c1-28-17-12-6-14(7-13-17)21-26-22(25-16-10-8-15(24)9-11-16)20-18-4-2-3-5-19(18)29-23(20)27-21/h6-13H,2-5H2,1H3,(H,25,26,27). The van der Waals surface area contributed by atoms with Gasteiger partial charge in [-0.05, 0) is 79.8 Å². The molecule has 0 saturated carbocycles. The van der Waals surface area contributed by atoms with Crippen molar-refractivity contribution in [1.29, 1.82) is 0 Å². The minimum atomic E-state index is -0.254. The van der Waals surface area contributed by atoms with Crippen molar-refractivity contribution in [1.82, 2.24) is 9.97 Å². The van der Waals surface area contributed by atoms with Crippen molar-refractivity contribution in [3.63, 3.8) is 0 Å². The van der Waals surface area contributed by atoms with Crippen LogP contribution in [0.15, 0.2) is 48.5 Å². The number of benzene rings is 2. The number of hydrogen-bond donors (Lipinski definition) is 1. The van der Waals surface area contributed by atoms with E-state index in [0.29, 0.717) is 5.82 Å². The first-order chi connectivity index (χ1) is 14.2. The summed E-state index contributed by atoms with van der Waals surface area (Å²) in [6.45, 7) is 0. The Hall–Kier alpha value is -2.99. The number of nitrogens with one attached hydrogen (secondary N) is 1. The van der Waals surface area contributed by atoms with Crippen LogP contribution in [0, 0.1) is 5.82 Å². The summed E-state index contributed by atoms with van der Waals surface area (Å²) in [6, 6.07) is 14.1. The molecule has 1 aliphatic carbocycles. The second-order valence-electron chi connectivity index (χ2n) is 7.15. The van der Waals surface area contributed by atoms with Crippen molar-refractivity contribution < 1.29 is 9.13 Å². The largest absolute Gasteiger partial charge is 0.497 e. The van der Waals surface area contributed by atoms with Crippen molar-refractivity contribution in [3.05, 3.63) is 64.8 Å². The molecule has 2 heterocycles. The van der Waals surface area contributed by atoms with Gasteiger partial charge in [-0.2, -0.15) is 0 Å². The van der Waals surface area contributed by atoms with Gasteiger partial charge >= 0.3 is 0 Å². The van der Waals surface area contributed by atoms with Crippen LogP contribution in [-0.4, -0.2) is 17.1 Å². The zero-order valence-electron chi connectivity index (χ0n) is 16.0. The van der Waals surface area contributed by atoms with E-state index >= 15 is 0 Å². The Morgan fingerprint density at radius 2 is 1.72 bits per heavy atom. The van der Waals surface area contributed by atoms with Crippen LogP contribution in [0.5, 0.6) is 5.75 Å². The van der Waals surface area contributed by atoms with E-state index in [2.05, 4.69) is 5.32 Å². The average molecular weight is 405 g/mol. The summed E-state index contributed by atoms with van der Waals surface area (Å²) in [7, 11) is 1.65. The van der Waals surface area contributed by atoms with Crippen molar-refractivity contribution >= 4 is 33.1 Å². The molecule has 0 fully saturated rings. The van der Waals surface area contributed by atoms with E-state index in [9.17, 15) is 4.39 Å². The molecule has 0 saturated heterocycles. The van der Waals surface area contributed by atoms with Gasteiger partial charge in [0.25, 0.3) is 0 Å². The van der Waals surface area contributed by atoms with Gasteiger partial charge in [-0.3, -0.25) is 0 Å². The highest BCUT2D eigenvalue weighted by molar-refractivity contribution is 7.19. The quantitative estimate of drug-likeness (QED) is 0.444. The number of aromatic nitrogens is 2. The second kappa shape index (κ2) is 7.44. The third-order valence-electron chi connectivity index (χ3n) is 5.27. The molecule has 6 heteroatoms. The summed E-state index contributed by atoms with van der Waals surface area (Å²) >= 11 is 1.77. The van der Waals surface area contributed by atoms with Crippen LogP contribution in [0.3, 0.4) is 0 Å². The van der Waals surface area contributed by atoms with Crippen LogP contribution in [0.25, 0.3) is 21.6 Å². The normalized spacial score (nSPS) is 13.3. The number of fused-ring (bicyclic) bond motifs is 3. The van der Waals surface area contributed by atoms with Crippen LogP contribution < -0.4 is 10.1 Å². The van der Waals surface area contributed by atoms with Crippen molar-refractivity contribution in [2.45, 2.75) is 25.7 Å². The molecule has 0 amide bonds. The summed E-state index contributed by atoms with van der Waals surface area (Å²) in [5.74, 6) is 2.00. The highest BCUT2D eigenvalue weighted by Crippen LogP contribution is 2.40. The molecule has 0 spiro atoms. The van der Waals surface area contributed by atoms with E-state index in [4.69, 9.17) is 14.7 Å². The number of nitrogens with zero attached hydrogens (tertiary/aromatic N) is 2. The first-order valence-electron chi connectivity index (χ1n) is 9.70. The van der Waals surface area contributed by atoms with E-state index in [1.807, 2.05) is 24.3 Å². The third-order valence-corrected chi connectivity index (χ3v) is 6.46. The summed E-state index contributed by atoms with van der Waals surface area (Å²) in [4.78, 5) is 12.2. The maximum Gasteiger partial charge on any atom is 0.163 e. The monoisotopic (exact) mass is 405 g/mol. The lowest BCUT2D eigenvalue weighted by Crippen LogP contribution is -2.02. The average Bonchev–Trinajstić information content (AvgIpc) is 3.14. The molecule has 146 valence electrons. The third kappa shape index (κ3) is 3.44. The van der Waals surface area contributed by atoms with E-state index in [-0.39, 0.29) is 5.82 Å². The van der Waals surface area contributed by atoms with Gasteiger partial charge in [0.2, 0.25) is 0 Å². The van der Waals surface area contributed by atoms with E-state index in [1.165, 1.54) is 35.4 Å². The molecule has 0 bridgehead atoms. The fourth-order valence-electron chi connectivity index (χ4n) is 3.79. The molecule has 5 rings (SSSR count). The molecule has 0 atom stereocenters. The fourth-order valence-corrected chi connectivity index (χ4v) is 5.05.